The maximum Gasteiger partial charge on any atom is 0.113 e. The molecule has 1 aromatic carbocycles. The number of rotatable bonds is 2. The van der Waals surface area contributed by atoms with Crippen molar-refractivity contribution < 1.29 is 0 Å². The van der Waals surface area contributed by atoms with Gasteiger partial charge in [0.15, 0.2) is 0 Å². The molecule has 0 spiro atoms. The zero-order chi connectivity index (χ0) is 10.1. The van der Waals surface area contributed by atoms with Gasteiger partial charge in [0.25, 0.3) is 0 Å². The molecule has 4 nitrogen and oxygen atoms in total. The Labute approximate surface area is 88.1 Å². The van der Waals surface area contributed by atoms with E-state index in [9.17, 15) is 0 Å². The predicted octanol–water partition coefficient (Wildman–Crippen LogP) is 1.11. The molecule has 2 aromatic rings. The Morgan fingerprint density at radius 3 is 3.07 bits per heavy atom. The minimum absolute atomic E-state index is 0.786. The van der Waals surface area contributed by atoms with Crippen molar-refractivity contribution in [1.29, 1.82) is 0 Å². The number of aromatic amines is 1. The van der Waals surface area contributed by atoms with Gasteiger partial charge in [-0.2, -0.15) is 15.4 Å². The largest absolute Gasteiger partial charge is 0.316 e. The summed E-state index contributed by atoms with van der Waals surface area (Å²) in [5, 5.41) is 14.2. The summed E-state index contributed by atoms with van der Waals surface area (Å²) in [6, 6.07) is 6.33. The number of nitrogens with one attached hydrogen (secondary N) is 2. The van der Waals surface area contributed by atoms with Crippen molar-refractivity contribution in [2.45, 2.75) is 12.8 Å². The molecule has 1 unspecified atom stereocenters. The average Bonchev–Trinajstić information content (AvgIpc) is 2.87. The number of aromatic nitrogens is 3. The van der Waals surface area contributed by atoms with Crippen molar-refractivity contribution in [2.75, 3.05) is 13.1 Å². The van der Waals surface area contributed by atoms with Gasteiger partial charge in [-0.15, -0.1) is 0 Å². The summed E-state index contributed by atoms with van der Waals surface area (Å²) in [6.07, 6.45) is 2.44. The monoisotopic (exact) mass is 202 g/mol. The van der Waals surface area contributed by atoms with Crippen LogP contribution in [-0.4, -0.2) is 28.5 Å². The standard InChI is InChI=1S/C11H14N4/c1-2-10-11(14-15-13-10)6-8(1)5-9-3-4-12-7-9/h1-2,6,9,12H,3-5,7H2,(H,13,14,15). The van der Waals surface area contributed by atoms with E-state index in [0.29, 0.717) is 0 Å². The molecule has 0 saturated carbocycles. The summed E-state index contributed by atoms with van der Waals surface area (Å²) in [5.74, 6) is 0.786. The summed E-state index contributed by atoms with van der Waals surface area (Å²) >= 11 is 0. The van der Waals surface area contributed by atoms with Crippen LogP contribution in [0.2, 0.25) is 0 Å². The van der Waals surface area contributed by atoms with Crippen molar-refractivity contribution in [2.24, 2.45) is 5.92 Å². The first-order valence-corrected chi connectivity index (χ1v) is 5.42. The number of fused-ring (bicyclic) bond motifs is 1. The van der Waals surface area contributed by atoms with E-state index in [0.717, 1.165) is 36.5 Å². The zero-order valence-corrected chi connectivity index (χ0v) is 8.53. The summed E-state index contributed by atoms with van der Waals surface area (Å²) < 4.78 is 0. The van der Waals surface area contributed by atoms with Gasteiger partial charge >= 0.3 is 0 Å². The van der Waals surface area contributed by atoms with Crippen molar-refractivity contribution in [3.05, 3.63) is 23.8 Å². The quantitative estimate of drug-likeness (QED) is 0.767. The highest BCUT2D eigenvalue weighted by Crippen LogP contribution is 2.17. The molecule has 0 radical (unpaired) electrons. The molecule has 78 valence electrons. The predicted molar refractivity (Wildman–Crippen MR) is 58.6 cm³/mol. The second-order valence-corrected chi connectivity index (χ2v) is 4.21. The molecule has 3 rings (SSSR count). The third kappa shape index (κ3) is 1.72. The molecule has 15 heavy (non-hydrogen) atoms. The Morgan fingerprint density at radius 1 is 1.27 bits per heavy atom. The van der Waals surface area contributed by atoms with Gasteiger partial charge in [0, 0.05) is 0 Å². The van der Waals surface area contributed by atoms with Crippen LogP contribution in [0.5, 0.6) is 0 Å². The number of nitrogens with zero attached hydrogens (tertiary/aromatic N) is 2. The van der Waals surface area contributed by atoms with E-state index in [1.54, 1.807) is 0 Å². The van der Waals surface area contributed by atoms with Crippen LogP contribution in [0.1, 0.15) is 12.0 Å². The Bertz CT molecular complexity index is 456. The van der Waals surface area contributed by atoms with Gasteiger partial charge in [-0.1, -0.05) is 6.07 Å². The fourth-order valence-electron chi connectivity index (χ4n) is 2.23. The third-order valence-electron chi connectivity index (χ3n) is 3.07. The van der Waals surface area contributed by atoms with Crippen LogP contribution in [0, 0.1) is 5.92 Å². The molecular weight excluding hydrogens is 188 g/mol. The fraction of sp³-hybridized carbons (Fsp3) is 0.455. The smallest absolute Gasteiger partial charge is 0.113 e. The second-order valence-electron chi connectivity index (χ2n) is 4.21. The minimum atomic E-state index is 0.786. The molecule has 0 bridgehead atoms. The molecule has 1 fully saturated rings. The van der Waals surface area contributed by atoms with Gasteiger partial charge in [0.2, 0.25) is 0 Å². The maximum atomic E-state index is 4.10. The second kappa shape index (κ2) is 3.62. The van der Waals surface area contributed by atoms with E-state index in [1.165, 1.54) is 12.0 Å². The highest BCUT2D eigenvalue weighted by Gasteiger charge is 2.14. The lowest BCUT2D eigenvalue weighted by atomic mass is 9.98. The summed E-state index contributed by atoms with van der Waals surface area (Å²) in [6.45, 7) is 2.31. The van der Waals surface area contributed by atoms with Crippen LogP contribution in [0.3, 0.4) is 0 Å². The molecule has 1 saturated heterocycles. The molecule has 2 N–H and O–H groups in total. The van der Waals surface area contributed by atoms with E-state index >= 15 is 0 Å². The van der Waals surface area contributed by atoms with Crippen LogP contribution < -0.4 is 5.32 Å². The van der Waals surface area contributed by atoms with Crippen molar-refractivity contribution in [3.63, 3.8) is 0 Å². The van der Waals surface area contributed by atoms with Gasteiger partial charge in [0.05, 0.1) is 0 Å². The lowest BCUT2D eigenvalue weighted by Gasteiger charge is -2.07. The van der Waals surface area contributed by atoms with E-state index in [1.807, 2.05) is 6.07 Å². The van der Waals surface area contributed by atoms with Gasteiger partial charge in [-0.25, -0.2) is 0 Å². The van der Waals surface area contributed by atoms with Crippen molar-refractivity contribution in [1.82, 2.24) is 20.7 Å². The first-order valence-electron chi connectivity index (χ1n) is 5.42. The molecule has 1 aliphatic rings. The van der Waals surface area contributed by atoms with Crippen LogP contribution in [0.4, 0.5) is 0 Å². The van der Waals surface area contributed by atoms with E-state index < -0.39 is 0 Å². The zero-order valence-electron chi connectivity index (χ0n) is 8.53. The lowest BCUT2D eigenvalue weighted by molar-refractivity contribution is 0.580. The molecule has 4 heteroatoms. The molecule has 0 amide bonds. The molecule has 1 aromatic heterocycles. The van der Waals surface area contributed by atoms with E-state index in [2.05, 4.69) is 32.9 Å². The number of H-pyrrole nitrogens is 1. The van der Waals surface area contributed by atoms with E-state index in [4.69, 9.17) is 0 Å². The summed E-state index contributed by atoms with van der Waals surface area (Å²) in [4.78, 5) is 0. The first-order chi connectivity index (χ1) is 7.42. The van der Waals surface area contributed by atoms with Gasteiger partial charge in [-0.3, -0.25) is 0 Å². The first kappa shape index (κ1) is 8.85. The molecule has 1 aliphatic heterocycles. The highest BCUT2D eigenvalue weighted by molar-refractivity contribution is 5.74. The SMILES string of the molecule is c1cc2n[nH]nc2cc1CC1CCNC1. The van der Waals surface area contributed by atoms with E-state index in [-0.39, 0.29) is 0 Å². The Kier molecular flexibility index (Phi) is 2.14. The molecule has 0 aliphatic carbocycles. The molecule has 1 atom stereocenters. The van der Waals surface area contributed by atoms with Crippen LogP contribution >= 0.6 is 0 Å². The fourth-order valence-corrected chi connectivity index (χ4v) is 2.23. The van der Waals surface area contributed by atoms with Crippen molar-refractivity contribution in [3.8, 4) is 0 Å². The number of hydrogen-bond donors (Lipinski definition) is 2. The third-order valence-corrected chi connectivity index (χ3v) is 3.07. The number of hydrogen-bond acceptors (Lipinski definition) is 3. The van der Waals surface area contributed by atoms with Crippen LogP contribution in [0.15, 0.2) is 18.2 Å². The molecular formula is C11H14N4. The Balaban J connectivity index is 1.84. The summed E-state index contributed by atoms with van der Waals surface area (Å²) in [5.41, 5.74) is 3.28. The minimum Gasteiger partial charge on any atom is -0.316 e. The maximum absolute atomic E-state index is 4.10. The average molecular weight is 202 g/mol. The normalized spacial score (nSPS) is 21.2. The Hall–Kier alpha value is -1.42. The Morgan fingerprint density at radius 2 is 2.20 bits per heavy atom. The van der Waals surface area contributed by atoms with Crippen LogP contribution in [0.25, 0.3) is 11.0 Å². The topological polar surface area (TPSA) is 53.6 Å². The molecule has 2 heterocycles. The van der Waals surface area contributed by atoms with Gasteiger partial charge < -0.3 is 5.32 Å². The van der Waals surface area contributed by atoms with Crippen LogP contribution in [-0.2, 0) is 6.42 Å². The lowest BCUT2D eigenvalue weighted by Crippen LogP contribution is -2.10. The summed E-state index contributed by atoms with van der Waals surface area (Å²) in [7, 11) is 0. The van der Waals surface area contributed by atoms with Crippen molar-refractivity contribution >= 4 is 11.0 Å². The highest BCUT2D eigenvalue weighted by atomic mass is 15.3. The number of benzene rings is 1. The van der Waals surface area contributed by atoms with Gasteiger partial charge in [0.1, 0.15) is 11.0 Å². The van der Waals surface area contributed by atoms with Gasteiger partial charge in [-0.05, 0) is 49.5 Å².